The van der Waals surface area contributed by atoms with Gasteiger partial charge in [-0.1, -0.05) is 19.1 Å². The van der Waals surface area contributed by atoms with Crippen molar-refractivity contribution in [1.82, 2.24) is 4.72 Å². The summed E-state index contributed by atoms with van der Waals surface area (Å²) in [6.45, 7) is 2.18. The monoisotopic (exact) mass is 317 g/mol. The summed E-state index contributed by atoms with van der Waals surface area (Å²) in [7, 11) is -6.53. The van der Waals surface area contributed by atoms with Crippen LogP contribution in [0.4, 0.5) is 0 Å². The predicted molar refractivity (Wildman–Crippen MR) is 77.8 cm³/mol. The number of hydrogen-bond donors (Lipinski definition) is 1. The summed E-state index contributed by atoms with van der Waals surface area (Å²) < 4.78 is 49.3. The zero-order valence-electron chi connectivity index (χ0n) is 11.4. The molecule has 5 nitrogen and oxygen atoms in total. The molecular formula is C13H19NO4S2. The first kappa shape index (κ1) is 15.5. The van der Waals surface area contributed by atoms with Gasteiger partial charge in [0.05, 0.1) is 16.4 Å². The largest absolute Gasteiger partial charge is 0.240 e. The SMILES string of the molecule is CCc1ccc(S(=O)(=O)NCC2CCS(=O)(=O)C2)cc1. The Bertz CT molecular complexity index is 663. The number of benzene rings is 1. The van der Waals surface area contributed by atoms with E-state index in [4.69, 9.17) is 0 Å². The van der Waals surface area contributed by atoms with Crippen LogP contribution < -0.4 is 4.72 Å². The van der Waals surface area contributed by atoms with Crippen molar-refractivity contribution in [3.8, 4) is 0 Å². The molecule has 1 fully saturated rings. The van der Waals surface area contributed by atoms with Crippen molar-refractivity contribution in [2.45, 2.75) is 24.7 Å². The lowest BCUT2D eigenvalue weighted by atomic mass is 10.1. The maximum atomic E-state index is 12.1. The Labute approximate surface area is 120 Å². The summed E-state index contributed by atoms with van der Waals surface area (Å²) in [5.74, 6) is 0.110. The quantitative estimate of drug-likeness (QED) is 0.877. The van der Waals surface area contributed by atoms with E-state index in [9.17, 15) is 16.8 Å². The van der Waals surface area contributed by atoms with Crippen molar-refractivity contribution in [1.29, 1.82) is 0 Å². The van der Waals surface area contributed by atoms with E-state index in [0.717, 1.165) is 12.0 Å². The predicted octanol–water partition coefficient (Wildman–Crippen LogP) is 0.962. The molecule has 0 radical (unpaired) electrons. The zero-order valence-corrected chi connectivity index (χ0v) is 13.0. The van der Waals surface area contributed by atoms with Gasteiger partial charge in [0.15, 0.2) is 9.84 Å². The summed E-state index contributed by atoms with van der Waals surface area (Å²) in [6.07, 6.45) is 1.38. The molecule has 0 bridgehead atoms. The van der Waals surface area contributed by atoms with Crippen LogP contribution in [0.15, 0.2) is 29.2 Å². The van der Waals surface area contributed by atoms with Crippen molar-refractivity contribution in [3.63, 3.8) is 0 Å². The van der Waals surface area contributed by atoms with Gasteiger partial charge in [0, 0.05) is 6.54 Å². The van der Waals surface area contributed by atoms with Crippen LogP contribution in [0, 0.1) is 5.92 Å². The molecule has 1 aliphatic rings. The van der Waals surface area contributed by atoms with E-state index < -0.39 is 19.9 Å². The number of rotatable bonds is 5. The van der Waals surface area contributed by atoms with Gasteiger partial charge >= 0.3 is 0 Å². The Hall–Kier alpha value is -0.920. The topological polar surface area (TPSA) is 80.3 Å². The summed E-state index contributed by atoms with van der Waals surface area (Å²) >= 11 is 0. The van der Waals surface area contributed by atoms with E-state index in [2.05, 4.69) is 4.72 Å². The smallest absolute Gasteiger partial charge is 0.229 e. The van der Waals surface area contributed by atoms with Gasteiger partial charge in [-0.2, -0.15) is 0 Å². The van der Waals surface area contributed by atoms with Gasteiger partial charge in [0.25, 0.3) is 0 Å². The molecule has 1 atom stereocenters. The Kier molecular flexibility index (Phi) is 4.51. The Morgan fingerprint density at radius 3 is 2.40 bits per heavy atom. The summed E-state index contributed by atoms with van der Waals surface area (Å²) in [5, 5.41) is 0. The third-order valence-corrected chi connectivity index (χ3v) is 6.81. The zero-order chi connectivity index (χ0) is 14.8. The normalized spacial score (nSPS) is 21.9. The van der Waals surface area contributed by atoms with E-state index in [-0.39, 0.29) is 28.9 Å². The van der Waals surface area contributed by atoms with Crippen LogP contribution in [0.2, 0.25) is 0 Å². The minimum atomic E-state index is -3.55. The van der Waals surface area contributed by atoms with Crippen LogP contribution in [0.25, 0.3) is 0 Å². The van der Waals surface area contributed by atoms with Gasteiger partial charge in [-0.05, 0) is 36.5 Å². The molecule has 0 aliphatic carbocycles. The lowest BCUT2D eigenvalue weighted by molar-refractivity contribution is 0.543. The van der Waals surface area contributed by atoms with E-state index in [1.54, 1.807) is 24.3 Å². The molecule has 1 N–H and O–H groups in total. The third kappa shape index (κ3) is 3.80. The number of aryl methyl sites for hydroxylation is 1. The number of sulfone groups is 1. The molecule has 0 aromatic heterocycles. The molecule has 2 rings (SSSR count). The van der Waals surface area contributed by atoms with E-state index >= 15 is 0 Å². The molecule has 20 heavy (non-hydrogen) atoms. The molecule has 0 amide bonds. The van der Waals surface area contributed by atoms with Gasteiger partial charge in [-0.3, -0.25) is 0 Å². The summed E-state index contributed by atoms with van der Waals surface area (Å²) in [5.41, 5.74) is 1.07. The van der Waals surface area contributed by atoms with Crippen LogP contribution in [-0.2, 0) is 26.3 Å². The first-order valence-corrected chi connectivity index (χ1v) is 9.92. The number of hydrogen-bond acceptors (Lipinski definition) is 4. The van der Waals surface area contributed by atoms with Gasteiger partial charge in [0.2, 0.25) is 10.0 Å². The maximum Gasteiger partial charge on any atom is 0.240 e. The second-order valence-corrected chi connectivity index (χ2v) is 9.11. The number of sulfonamides is 1. The molecular weight excluding hydrogens is 298 g/mol. The summed E-state index contributed by atoms with van der Waals surface area (Å²) in [6, 6.07) is 6.72. The highest BCUT2D eigenvalue weighted by Gasteiger charge is 2.28. The fraction of sp³-hybridized carbons (Fsp3) is 0.538. The van der Waals surface area contributed by atoms with Gasteiger partial charge in [0.1, 0.15) is 0 Å². The standard InChI is InChI=1S/C13H19NO4S2/c1-2-11-3-5-13(6-4-11)20(17,18)14-9-12-7-8-19(15,16)10-12/h3-6,12,14H,2,7-10H2,1H3. The van der Waals surface area contributed by atoms with Crippen LogP contribution in [-0.4, -0.2) is 34.9 Å². The van der Waals surface area contributed by atoms with Crippen LogP contribution in [0.5, 0.6) is 0 Å². The molecule has 1 unspecified atom stereocenters. The molecule has 0 spiro atoms. The molecule has 1 aliphatic heterocycles. The average molecular weight is 317 g/mol. The van der Waals surface area contributed by atoms with Crippen molar-refractivity contribution < 1.29 is 16.8 Å². The minimum absolute atomic E-state index is 0.0737. The minimum Gasteiger partial charge on any atom is -0.229 e. The second kappa shape index (κ2) is 5.83. The summed E-state index contributed by atoms with van der Waals surface area (Å²) in [4.78, 5) is 0.218. The van der Waals surface area contributed by atoms with Crippen molar-refractivity contribution >= 4 is 19.9 Å². The number of nitrogens with one attached hydrogen (secondary N) is 1. The van der Waals surface area contributed by atoms with Crippen LogP contribution in [0.3, 0.4) is 0 Å². The van der Waals surface area contributed by atoms with Gasteiger partial charge < -0.3 is 0 Å². The highest BCUT2D eigenvalue weighted by atomic mass is 32.2. The van der Waals surface area contributed by atoms with Gasteiger partial charge in [-0.15, -0.1) is 0 Å². The van der Waals surface area contributed by atoms with Gasteiger partial charge in [-0.25, -0.2) is 21.6 Å². The fourth-order valence-corrected chi connectivity index (χ4v) is 5.23. The second-order valence-electron chi connectivity index (χ2n) is 5.12. The molecule has 1 aromatic rings. The lowest BCUT2D eigenvalue weighted by Crippen LogP contribution is -2.29. The van der Waals surface area contributed by atoms with Crippen molar-refractivity contribution in [2.24, 2.45) is 5.92 Å². The Morgan fingerprint density at radius 1 is 1.25 bits per heavy atom. The Morgan fingerprint density at radius 2 is 1.90 bits per heavy atom. The van der Waals surface area contributed by atoms with Crippen molar-refractivity contribution in [3.05, 3.63) is 29.8 Å². The molecule has 1 aromatic carbocycles. The van der Waals surface area contributed by atoms with E-state index in [1.807, 2.05) is 6.92 Å². The molecule has 112 valence electrons. The van der Waals surface area contributed by atoms with E-state index in [1.165, 1.54) is 0 Å². The third-order valence-electron chi connectivity index (χ3n) is 3.53. The van der Waals surface area contributed by atoms with E-state index in [0.29, 0.717) is 6.42 Å². The molecule has 0 saturated carbocycles. The first-order valence-electron chi connectivity index (χ1n) is 6.61. The lowest BCUT2D eigenvalue weighted by Gasteiger charge is -2.10. The first-order chi connectivity index (χ1) is 9.32. The average Bonchev–Trinajstić information content (AvgIpc) is 2.76. The maximum absolute atomic E-state index is 12.1. The fourth-order valence-electron chi connectivity index (χ4n) is 2.25. The molecule has 1 heterocycles. The van der Waals surface area contributed by atoms with Crippen LogP contribution in [0.1, 0.15) is 18.9 Å². The molecule has 1 saturated heterocycles. The van der Waals surface area contributed by atoms with Crippen molar-refractivity contribution in [2.75, 3.05) is 18.1 Å². The highest BCUT2D eigenvalue weighted by molar-refractivity contribution is 7.91. The molecule has 7 heteroatoms. The van der Waals surface area contributed by atoms with Crippen LogP contribution >= 0.6 is 0 Å². The highest BCUT2D eigenvalue weighted by Crippen LogP contribution is 2.18. The Balaban J connectivity index is 2.00.